The fourth-order valence-corrected chi connectivity index (χ4v) is 2.82. The number of hydrogen-bond acceptors (Lipinski definition) is 3. The summed E-state index contributed by atoms with van der Waals surface area (Å²) in [6, 6.07) is 6.82. The molecule has 1 amide bonds. The summed E-state index contributed by atoms with van der Waals surface area (Å²) in [6.07, 6.45) is 1.83. The Hall–Kier alpha value is -1.24. The molecule has 1 aromatic rings. The summed E-state index contributed by atoms with van der Waals surface area (Å²) >= 11 is -1.85. The van der Waals surface area contributed by atoms with E-state index < -0.39 is 11.1 Å². The van der Waals surface area contributed by atoms with Crippen molar-refractivity contribution in [1.29, 1.82) is 0 Å². The van der Waals surface area contributed by atoms with Gasteiger partial charge in [-0.25, -0.2) is 4.21 Å². The van der Waals surface area contributed by atoms with E-state index in [-0.39, 0.29) is 17.2 Å². The SMILES string of the molecule is CC1(NC(=O)c2ccc(CS(=O)O)cc2)CCNCC1. The topological polar surface area (TPSA) is 78.4 Å². The fourth-order valence-electron chi connectivity index (χ4n) is 2.34. The minimum atomic E-state index is -1.85. The van der Waals surface area contributed by atoms with E-state index in [4.69, 9.17) is 4.55 Å². The van der Waals surface area contributed by atoms with Gasteiger partial charge in [-0.15, -0.1) is 0 Å². The molecule has 0 aliphatic carbocycles. The number of benzene rings is 1. The second-order valence-corrected chi connectivity index (χ2v) is 6.36. The monoisotopic (exact) mass is 296 g/mol. The second kappa shape index (κ2) is 6.47. The lowest BCUT2D eigenvalue weighted by molar-refractivity contribution is 0.0887. The maximum atomic E-state index is 12.2. The highest BCUT2D eigenvalue weighted by atomic mass is 32.2. The molecule has 0 bridgehead atoms. The van der Waals surface area contributed by atoms with Gasteiger partial charge < -0.3 is 15.2 Å². The zero-order valence-electron chi connectivity index (χ0n) is 11.5. The van der Waals surface area contributed by atoms with E-state index in [1.165, 1.54) is 0 Å². The van der Waals surface area contributed by atoms with Gasteiger partial charge in [0, 0.05) is 11.1 Å². The first-order valence-electron chi connectivity index (χ1n) is 6.68. The molecule has 0 spiro atoms. The van der Waals surface area contributed by atoms with Crippen LogP contribution in [-0.4, -0.2) is 33.3 Å². The van der Waals surface area contributed by atoms with Crippen molar-refractivity contribution in [1.82, 2.24) is 10.6 Å². The van der Waals surface area contributed by atoms with Gasteiger partial charge in [-0.1, -0.05) is 12.1 Å². The third kappa shape index (κ3) is 4.13. The van der Waals surface area contributed by atoms with Gasteiger partial charge in [0.05, 0.1) is 5.75 Å². The van der Waals surface area contributed by atoms with E-state index in [0.717, 1.165) is 31.5 Å². The number of rotatable bonds is 4. The zero-order chi connectivity index (χ0) is 14.6. The zero-order valence-corrected chi connectivity index (χ0v) is 12.3. The van der Waals surface area contributed by atoms with Gasteiger partial charge in [-0.05, 0) is 50.6 Å². The van der Waals surface area contributed by atoms with Gasteiger partial charge in [0.1, 0.15) is 0 Å². The van der Waals surface area contributed by atoms with Gasteiger partial charge in [0.15, 0.2) is 11.1 Å². The van der Waals surface area contributed by atoms with Crippen molar-refractivity contribution in [2.24, 2.45) is 0 Å². The maximum absolute atomic E-state index is 12.2. The second-order valence-electron chi connectivity index (χ2n) is 5.43. The molecule has 2 rings (SSSR count). The predicted molar refractivity (Wildman–Crippen MR) is 78.9 cm³/mol. The molecule has 1 atom stereocenters. The molecule has 0 aromatic heterocycles. The first-order chi connectivity index (χ1) is 9.48. The van der Waals surface area contributed by atoms with E-state index in [0.29, 0.717) is 5.56 Å². The van der Waals surface area contributed by atoms with Crippen LogP contribution < -0.4 is 10.6 Å². The van der Waals surface area contributed by atoms with E-state index in [2.05, 4.69) is 17.6 Å². The molecule has 6 heteroatoms. The Morgan fingerprint density at radius 3 is 2.50 bits per heavy atom. The Balaban J connectivity index is 2.00. The Morgan fingerprint density at radius 2 is 1.95 bits per heavy atom. The van der Waals surface area contributed by atoms with Crippen LogP contribution in [0.2, 0.25) is 0 Å². The van der Waals surface area contributed by atoms with E-state index in [9.17, 15) is 9.00 Å². The van der Waals surface area contributed by atoms with Crippen molar-refractivity contribution in [3.8, 4) is 0 Å². The average molecular weight is 296 g/mol. The minimum Gasteiger partial charge on any atom is -0.347 e. The molecule has 1 fully saturated rings. The van der Waals surface area contributed by atoms with Crippen molar-refractivity contribution in [3.63, 3.8) is 0 Å². The molecule has 1 aliphatic rings. The number of hydrogen-bond donors (Lipinski definition) is 3. The number of nitrogens with one attached hydrogen (secondary N) is 2. The molecule has 1 heterocycles. The van der Waals surface area contributed by atoms with Crippen LogP contribution in [0.3, 0.4) is 0 Å². The Kier molecular flexibility index (Phi) is 4.91. The third-order valence-electron chi connectivity index (χ3n) is 3.63. The fraction of sp³-hybridized carbons (Fsp3) is 0.500. The molecule has 5 nitrogen and oxygen atoms in total. The summed E-state index contributed by atoms with van der Waals surface area (Å²) in [7, 11) is 0. The Labute approximate surface area is 121 Å². The Bertz CT molecular complexity index is 496. The van der Waals surface area contributed by atoms with Crippen LogP contribution in [0.4, 0.5) is 0 Å². The quantitative estimate of drug-likeness (QED) is 0.731. The summed E-state index contributed by atoms with van der Waals surface area (Å²) < 4.78 is 19.5. The number of carbonyl (C=O) groups is 1. The Morgan fingerprint density at radius 1 is 1.35 bits per heavy atom. The van der Waals surface area contributed by atoms with Gasteiger partial charge in [-0.3, -0.25) is 4.79 Å². The maximum Gasteiger partial charge on any atom is 0.251 e. The first-order valence-corrected chi connectivity index (χ1v) is 7.96. The van der Waals surface area contributed by atoms with Crippen LogP contribution in [-0.2, 0) is 16.8 Å². The van der Waals surface area contributed by atoms with Crippen LogP contribution in [0, 0.1) is 0 Å². The van der Waals surface area contributed by atoms with Crippen molar-refractivity contribution in [2.75, 3.05) is 13.1 Å². The molecule has 0 saturated carbocycles. The van der Waals surface area contributed by atoms with Crippen molar-refractivity contribution < 1.29 is 13.6 Å². The molecule has 3 N–H and O–H groups in total. The molecule has 1 unspecified atom stereocenters. The third-order valence-corrected chi connectivity index (χ3v) is 4.21. The highest BCUT2D eigenvalue weighted by Gasteiger charge is 2.28. The van der Waals surface area contributed by atoms with Gasteiger partial charge in [-0.2, -0.15) is 0 Å². The minimum absolute atomic E-state index is 0.0886. The lowest BCUT2D eigenvalue weighted by Crippen LogP contribution is -2.52. The number of amides is 1. The van der Waals surface area contributed by atoms with Crippen LogP contribution in [0.15, 0.2) is 24.3 Å². The molecule has 1 aliphatic heterocycles. The lowest BCUT2D eigenvalue weighted by Gasteiger charge is -2.35. The van der Waals surface area contributed by atoms with E-state index in [1.54, 1.807) is 24.3 Å². The van der Waals surface area contributed by atoms with Crippen molar-refractivity contribution in [3.05, 3.63) is 35.4 Å². The summed E-state index contributed by atoms with van der Waals surface area (Å²) in [5.41, 5.74) is 1.17. The molecule has 20 heavy (non-hydrogen) atoms. The standard InChI is InChI=1S/C14H20N2O3S/c1-14(6-8-15-9-7-14)16-13(17)12-4-2-11(3-5-12)10-20(18)19/h2-5,15H,6-10H2,1H3,(H,16,17)(H,18,19). The lowest BCUT2D eigenvalue weighted by atomic mass is 9.90. The highest BCUT2D eigenvalue weighted by Crippen LogP contribution is 2.18. The van der Waals surface area contributed by atoms with Crippen LogP contribution in [0.1, 0.15) is 35.7 Å². The van der Waals surface area contributed by atoms with Crippen LogP contribution in [0.25, 0.3) is 0 Å². The van der Waals surface area contributed by atoms with Crippen LogP contribution in [0.5, 0.6) is 0 Å². The normalized spacial score (nSPS) is 19.3. The predicted octanol–water partition coefficient (Wildman–Crippen LogP) is 1.28. The average Bonchev–Trinajstić information content (AvgIpc) is 2.39. The molecule has 0 radical (unpaired) electrons. The molecular weight excluding hydrogens is 276 g/mol. The smallest absolute Gasteiger partial charge is 0.251 e. The first kappa shape index (κ1) is 15.2. The van der Waals surface area contributed by atoms with Gasteiger partial charge >= 0.3 is 0 Å². The number of piperidine rings is 1. The largest absolute Gasteiger partial charge is 0.347 e. The summed E-state index contributed by atoms with van der Waals surface area (Å²) in [4.78, 5) is 12.2. The van der Waals surface area contributed by atoms with Crippen LogP contribution >= 0.6 is 0 Å². The molecule has 110 valence electrons. The summed E-state index contributed by atoms with van der Waals surface area (Å²) in [5.74, 6) is -0.00303. The van der Waals surface area contributed by atoms with E-state index >= 15 is 0 Å². The van der Waals surface area contributed by atoms with Crippen molar-refractivity contribution >= 4 is 17.0 Å². The van der Waals surface area contributed by atoms with Gasteiger partial charge in [0.2, 0.25) is 0 Å². The summed E-state index contributed by atoms with van der Waals surface area (Å²) in [6.45, 7) is 3.89. The van der Waals surface area contributed by atoms with Gasteiger partial charge in [0.25, 0.3) is 5.91 Å². The van der Waals surface area contributed by atoms with Crippen molar-refractivity contribution in [2.45, 2.75) is 31.1 Å². The van der Waals surface area contributed by atoms with E-state index in [1.807, 2.05) is 0 Å². The summed E-state index contributed by atoms with van der Waals surface area (Å²) in [5, 5.41) is 6.36. The molecule has 1 aromatic carbocycles. The molecule has 1 saturated heterocycles. The number of carbonyl (C=O) groups excluding carboxylic acids is 1. The molecular formula is C14H20N2O3S. The highest BCUT2D eigenvalue weighted by molar-refractivity contribution is 7.78.